The molecule has 0 saturated carbocycles. The third-order valence-corrected chi connectivity index (χ3v) is 3.43. The molecule has 8 heteroatoms. The van der Waals surface area contributed by atoms with Crippen molar-refractivity contribution in [2.24, 2.45) is 5.92 Å². The smallest absolute Gasteiger partial charge is 0.342 e. The van der Waals surface area contributed by atoms with E-state index in [4.69, 9.17) is 10.5 Å². The first kappa shape index (κ1) is 20.5. The number of rotatable bonds is 7. The van der Waals surface area contributed by atoms with Crippen LogP contribution in [0.15, 0.2) is 24.3 Å². The van der Waals surface area contributed by atoms with Gasteiger partial charge in [0.05, 0.1) is 23.7 Å². The highest BCUT2D eigenvalue weighted by Gasteiger charge is 2.42. The Labute approximate surface area is 144 Å². The van der Waals surface area contributed by atoms with Gasteiger partial charge in [0.25, 0.3) is 0 Å². The minimum absolute atomic E-state index is 0.0276. The summed E-state index contributed by atoms with van der Waals surface area (Å²) in [5, 5.41) is 21.9. The highest BCUT2D eigenvalue weighted by molar-refractivity contribution is 5.82. The molecule has 0 aliphatic carbocycles. The Morgan fingerprint density at radius 3 is 2.24 bits per heavy atom. The summed E-state index contributed by atoms with van der Waals surface area (Å²) >= 11 is 0. The van der Waals surface area contributed by atoms with Gasteiger partial charge in [0.15, 0.2) is 0 Å². The second kappa shape index (κ2) is 9.05. The lowest BCUT2D eigenvalue weighted by molar-refractivity contribution is -0.161. The van der Waals surface area contributed by atoms with Crippen LogP contribution in [0.1, 0.15) is 37.4 Å². The molecule has 2 atom stereocenters. The Balaban J connectivity index is 3.09. The van der Waals surface area contributed by atoms with Crippen molar-refractivity contribution in [1.82, 2.24) is 10.6 Å². The Bertz CT molecular complexity index is 656. The summed E-state index contributed by atoms with van der Waals surface area (Å²) in [5.41, 5.74) is 0.156. The quantitative estimate of drug-likeness (QED) is 0.739. The molecule has 25 heavy (non-hydrogen) atoms. The van der Waals surface area contributed by atoms with E-state index >= 15 is 0 Å². The second-order valence-electron chi connectivity index (χ2n) is 5.93. The van der Waals surface area contributed by atoms with Crippen LogP contribution >= 0.6 is 0 Å². The molecule has 1 rings (SSSR count). The van der Waals surface area contributed by atoms with Crippen molar-refractivity contribution in [1.29, 1.82) is 10.5 Å². The van der Waals surface area contributed by atoms with E-state index in [1.165, 1.54) is 24.3 Å². The van der Waals surface area contributed by atoms with Crippen molar-refractivity contribution < 1.29 is 18.0 Å². The van der Waals surface area contributed by atoms with Crippen molar-refractivity contribution in [2.75, 3.05) is 6.54 Å². The van der Waals surface area contributed by atoms with Gasteiger partial charge in [-0.2, -0.15) is 23.7 Å². The lowest BCUT2D eigenvalue weighted by Gasteiger charge is -2.28. The summed E-state index contributed by atoms with van der Waals surface area (Å²) in [7, 11) is 0. The molecule has 0 heterocycles. The molecule has 1 aromatic rings. The number of hydrogen-bond donors (Lipinski definition) is 2. The third kappa shape index (κ3) is 6.44. The average molecular weight is 352 g/mol. The number of nitriles is 2. The van der Waals surface area contributed by atoms with E-state index in [1.807, 2.05) is 6.07 Å². The second-order valence-corrected chi connectivity index (χ2v) is 5.93. The van der Waals surface area contributed by atoms with Gasteiger partial charge < -0.3 is 5.32 Å². The highest BCUT2D eigenvalue weighted by Crippen LogP contribution is 2.33. The predicted octanol–water partition coefficient (Wildman–Crippen LogP) is 2.81. The third-order valence-electron chi connectivity index (χ3n) is 3.43. The number of hydrogen-bond acceptors (Lipinski definition) is 4. The van der Waals surface area contributed by atoms with Gasteiger partial charge in [-0.3, -0.25) is 10.1 Å². The summed E-state index contributed by atoms with van der Waals surface area (Å²) in [6.45, 7) is 3.30. The fourth-order valence-electron chi connectivity index (χ4n) is 2.30. The number of alkyl halides is 3. The first-order valence-electron chi connectivity index (χ1n) is 7.66. The molecule has 0 saturated heterocycles. The summed E-state index contributed by atoms with van der Waals surface area (Å²) in [4.78, 5) is 12.1. The minimum atomic E-state index is -4.63. The number of benzene rings is 1. The normalized spacial score (nSPS) is 13.6. The van der Waals surface area contributed by atoms with E-state index in [0.717, 1.165) is 0 Å². The molecule has 0 aromatic heterocycles. The maximum atomic E-state index is 13.5. The molecule has 5 nitrogen and oxygen atoms in total. The molecule has 0 spiro atoms. The molecular formula is C17H19F3N4O. The van der Waals surface area contributed by atoms with Crippen molar-refractivity contribution >= 4 is 5.91 Å². The zero-order valence-electron chi connectivity index (χ0n) is 13.9. The number of carbonyl (C=O) groups is 1. The standard InChI is InChI=1S/C17H19F3N4O/c1-11(2)9-14(16(25)23-8-7-21)24-15(17(18,19)20)13-5-3-12(10-22)4-6-13/h3-6,11,14-15,24H,8-9H2,1-2H3,(H,23,25)/t14-,15-/m0/s1. The van der Waals surface area contributed by atoms with Crippen LogP contribution in [0.3, 0.4) is 0 Å². The maximum Gasteiger partial charge on any atom is 0.407 e. The molecule has 0 aliphatic rings. The van der Waals surface area contributed by atoms with E-state index in [2.05, 4.69) is 10.6 Å². The Hall–Kier alpha value is -2.58. The Kier molecular flexibility index (Phi) is 7.41. The minimum Gasteiger partial charge on any atom is -0.342 e. The molecule has 1 amide bonds. The van der Waals surface area contributed by atoms with Gasteiger partial charge in [0.2, 0.25) is 5.91 Å². The van der Waals surface area contributed by atoms with Crippen LogP contribution in [0, 0.1) is 28.6 Å². The van der Waals surface area contributed by atoms with Crippen LogP contribution in [-0.2, 0) is 4.79 Å². The molecule has 0 aliphatic heterocycles. The molecule has 0 radical (unpaired) electrons. The van der Waals surface area contributed by atoms with E-state index in [1.54, 1.807) is 19.9 Å². The van der Waals surface area contributed by atoms with Gasteiger partial charge in [0, 0.05) is 0 Å². The number of amides is 1. The lowest BCUT2D eigenvalue weighted by Crippen LogP contribution is -2.49. The van der Waals surface area contributed by atoms with Gasteiger partial charge in [0.1, 0.15) is 12.6 Å². The summed E-state index contributed by atoms with van der Waals surface area (Å²) in [5.74, 6) is -0.682. The number of nitrogens with one attached hydrogen (secondary N) is 2. The van der Waals surface area contributed by atoms with E-state index in [-0.39, 0.29) is 30.0 Å². The number of nitrogens with zero attached hydrogens (tertiary/aromatic N) is 2. The maximum absolute atomic E-state index is 13.5. The highest BCUT2D eigenvalue weighted by atomic mass is 19.4. The zero-order valence-corrected chi connectivity index (χ0v) is 13.9. The molecule has 1 aromatic carbocycles. The van der Waals surface area contributed by atoms with Crippen LogP contribution in [0.5, 0.6) is 0 Å². The predicted molar refractivity (Wildman–Crippen MR) is 85.0 cm³/mol. The van der Waals surface area contributed by atoms with Crippen molar-refractivity contribution in [2.45, 2.75) is 38.5 Å². The zero-order chi connectivity index (χ0) is 19.0. The van der Waals surface area contributed by atoms with Crippen molar-refractivity contribution in [3.63, 3.8) is 0 Å². The topological polar surface area (TPSA) is 88.7 Å². The van der Waals surface area contributed by atoms with Crippen LogP contribution in [0.25, 0.3) is 0 Å². The Morgan fingerprint density at radius 2 is 1.80 bits per heavy atom. The fourth-order valence-corrected chi connectivity index (χ4v) is 2.30. The van der Waals surface area contributed by atoms with Gasteiger partial charge in [-0.05, 0) is 30.0 Å². The molecule has 0 bridgehead atoms. The number of halogens is 3. The van der Waals surface area contributed by atoms with Crippen LogP contribution in [0.2, 0.25) is 0 Å². The molecule has 134 valence electrons. The summed E-state index contributed by atoms with van der Waals surface area (Å²) < 4.78 is 40.5. The fraction of sp³-hybridized carbons (Fsp3) is 0.471. The van der Waals surface area contributed by atoms with Gasteiger partial charge in [-0.15, -0.1) is 0 Å². The Morgan fingerprint density at radius 1 is 1.20 bits per heavy atom. The van der Waals surface area contributed by atoms with Gasteiger partial charge >= 0.3 is 6.18 Å². The summed E-state index contributed by atoms with van der Waals surface area (Å²) in [6, 6.07) is 5.42. The van der Waals surface area contributed by atoms with E-state index in [0.29, 0.717) is 0 Å². The van der Waals surface area contributed by atoms with Gasteiger partial charge in [-0.25, -0.2) is 0 Å². The van der Waals surface area contributed by atoms with Gasteiger partial charge in [-0.1, -0.05) is 26.0 Å². The molecule has 0 fully saturated rings. The largest absolute Gasteiger partial charge is 0.407 e. The van der Waals surface area contributed by atoms with Crippen molar-refractivity contribution in [3.8, 4) is 12.1 Å². The SMILES string of the molecule is CC(C)C[C@H](N[C@@H](c1ccc(C#N)cc1)C(F)(F)F)C(=O)NCC#N. The van der Waals surface area contributed by atoms with E-state index in [9.17, 15) is 18.0 Å². The van der Waals surface area contributed by atoms with Crippen molar-refractivity contribution in [3.05, 3.63) is 35.4 Å². The monoisotopic (exact) mass is 352 g/mol. The molecule has 2 N–H and O–H groups in total. The molecular weight excluding hydrogens is 333 g/mol. The first-order valence-corrected chi connectivity index (χ1v) is 7.66. The van der Waals surface area contributed by atoms with E-state index < -0.39 is 24.2 Å². The van der Waals surface area contributed by atoms with Crippen LogP contribution < -0.4 is 10.6 Å². The average Bonchev–Trinajstić information content (AvgIpc) is 2.55. The number of carbonyl (C=O) groups excluding carboxylic acids is 1. The van der Waals surface area contributed by atoms with Crippen LogP contribution in [0.4, 0.5) is 13.2 Å². The van der Waals surface area contributed by atoms with Crippen LogP contribution in [-0.4, -0.2) is 24.7 Å². The molecule has 0 unspecified atom stereocenters. The first-order chi connectivity index (χ1) is 11.7. The summed E-state index contributed by atoms with van der Waals surface area (Å²) in [6.07, 6.45) is -4.45. The lowest BCUT2D eigenvalue weighted by atomic mass is 9.99.